The fourth-order valence-corrected chi connectivity index (χ4v) is 5.08. The minimum Gasteiger partial charge on any atom is -0.495 e. The van der Waals surface area contributed by atoms with Gasteiger partial charge in [0.25, 0.3) is 0 Å². The minimum atomic E-state index is -3.76. The van der Waals surface area contributed by atoms with Crippen molar-refractivity contribution in [1.29, 1.82) is 0 Å². The van der Waals surface area contributed by atoms with Crippen LogP contribution >= 0.6 is 11.3 Å². The van der Waals surface area contributed by atoms with Gasteiger partial charge in [0.1, 0.15) is 10.6 Å². The van der Waals surface area contributed by atoms with E-state index in [1.165, 1.54) is 22.8 Å². The lowest BCUT2D eigenvalue weighted by Gasteiger charge is -2.22. The molecule has 0 aliphatic rings. The van der Waals surface area contributed by atoms with Gasteiger partial charge in [0.2, 0.25) is 10.0 Å². The van der Waals surface area contributed by atoms with E-state index in [4.69, 9.17) is 9.15 Å². The van der Waals surface area contributed by atoms with Crippen molar-refractivity contribution < 1.29 is 17.6 Å². The quantitative estimate of drug-likeness (QED) is 0.574. The number of ether oxygens (including phenoxy) is 1. The molecule has 0 saturated heterocycles. The van der Waals surface area contributed by atoms with Crippen LogP contribution in [0.1, 0.15) is 22.9 Å². The highest BCUT2D eigenvalue weighted by Gasteiger charge is 2.29. The van der Waals surface area contributed by atoms with Gasteiger partial charge in [0.05, 0.1) is 19.6 Å². The number of sulfonamides is 1. The summed E-state index contributed by atoms with van der Waals surface area (Å²) < 4.78 is 38.8. The first kappa shape index (κ1) is 18.7. The summed E-state index contributed by atoms with van der Waals surface area (Å²) in [6.07, 6.45) is 3.86. The SMILES string of the molecule is CCc1ccc(OC)c(S(=O)(=O)N(Cc2ccoc2)Cc2cccs2)c1. The van der Waals surface area contributed by atoms with E-state index < -0.39 is 10.0 Å². The third-order valence-electron chi connectivity index (χ3n) is 4.11. The van der Waals surface area contributed by atoms with Crippen LogP contribution in [0.3, 0.4) is 0 Å². The smallest absolute Gasteiger partial charge is 0.247 e. The molecule has 0 spiro atoms. The average Bonchev–Trinajstić information content (AvgIpc) is 3.34. The zero-order valence-corrected chi connectivity index (χ0v) is 16.3. The van der Waals surface area contributed by atoms with Gasteiger partial charge in [-0.1, -0.05) is 19.1 Å². The molecule has 2 heterocycles. The number of methoxy groups -OCH3 is 1. The number of aryl methyl sites for hydroxylation is 1. The van der Waals surface area contributed by atoms with Gasteiger partial charge in [-0.25, -0.2) is 8.42 Å². The summed E-state index contributed by atoms with van der Waals surface area (Å²) in [5.74, 6) is 0.352. The summed E-state index contributed by atoms with van der Waals surface area (Å²) in [6.45, 7) is 2.52. The van der Waals surface area contributed by atoms with E-state index in [-0.39, 0.29) is 11.4 Å². The fraction of sp³-hybridized carbons (Fsp3) is 0.263. The second-order valence-corrected chi connectivity index (χ2v) is 8.76. The highest BCUT2D eigenvalue weighted by Crippen LogP contribution is 2.30. The van der Waals surface area contributed by atoms with Crippen molar-refractivity contribution in [2.45, 2.75) is 31.3 Å². The Labute approximate surface area is 157 Å². The van der Waals surface area contributed by atoms with Crippen LogP contribution in [0.25, 0.3) is 0 Å². The fourth-order valence-electron chi connectivity index (χ4n) is 2.67. The molecule has 0 N–H and O–H groups in total. The van der Waals surface area contributed by atoms with Crippen molar-refractivity contribution in [2.24, 2.45) is 0 Å². The molecule has 3 aromatic rings. The Morgan fingerprint density at radius 2 is 2.00 bits per heavy atom. The normalized spacial score (nSPS) is 11.8. The molecule has 5 nitrogen and oxygen atoms in total. The molecular formula is C19H21NO4S2. The molecule has 0 unspecified atom stereocenters. The Hall–Kier alpha value is -2.09. The molecule has 1 aromatic carbocycles. The number of benzene rings is 1. The Morgan fingerprint density at radius 1 is 1.15 bits per heavy atom. The largest absolute Gasteiger partial charge is 0.495 e. The average molecular weight is 392 g/mol. The van der Waals surface area contributed by atoms with Crippen LogP contribution in [0.15, 0.2) is 63.6 Å². The molecule has 0 amide bonds. The van der Waals surface area contributed by atoms with Gasteiger partial charge in [0, 0.05) is 23.5 Å². The van der Waals surface area contributed by atoms with Crippen molar-refractivity contribution in [1.82, 2.24) is 4.31 Å². The van der Waals surface area contributed by atoms with Crippen molar-refractivity contribution in [3.8, 4) is 5.75 Å². The van der Waals surface area contributed by atoms with Gasteiger partial charge in [-0.05, 0) is 41.6 Å². The molecule has 7 heteroatoms. The van der Waals surface area contributed by atoms with Crippen molar-refractivity contribution in [2.75, 3.05) is 7.11 Å². The molecule has 2 aromatic heterocycles. The number of thiophene rings is 1. The number of hydrogen-bond donors (Lipinski definition) is 0. The first-order valence-corrected chi connectivity index (χ1v) is 10.6. The van der Waals surface area contributed by atoms with E-state index in [0.717, 1.165) is 22.4 Å². The van der Waals surface area contributed by atoms with Gasteiger partial charge in [-0.15, -0.1) is 11.3 Å². The third kappa shape index (κ3) is 4.00. The second-order valence-electron chi connectivity index (χ2n) is 5.82. The van der Waals surface area contributed by atoms with E-state index in [1.54, 1.807) is 30.7 Å². The highest BCUT2D eigenvalue weighted by atomic mass is 32.2. The van der Waals surface area contributed by atoms with Crippen LogP contribution in [0.4, 0.5) is 0 Å². The third-order valence-corrected chi connectivity index (χ3v) is 6.78. The molecule has 26 heavy (non-hydrogen) atoms. The molecule has 0 aliphatic carbocycles. The van der Waals surface area contributed by atoms with Crippen LogP contribution < -0.4 is 4.74 Å². The number of rotatable bonds is 8. The lowest BCUT2D eigenvalue weighted by atomic mass is 10.2. The monoisotopic (exact) mass is 391 g/mol. The van der Waals surface area contributed by atoms with E-state index >= 15 is 0 Å². The summed E-state index contributed by atoms with van der Waals surface area (Å²) >= 11 is 1.53. The zero-order valence-electron chi connectivity index (χ0n) is 14.7. The maximum Gasteiger partial charge on any atom is 0.247 e. The number of furan rings is 1. The van der Waals surface area contributed by atoms with E-state index in [9.17, 15) is 8.42 Å². The Kier molecular flexibility index (Phi) is 5.80. The number of nitrogens with zero attached hydrogens (tertiary/aromatic N) is 1. The Balaban J connectivity index is 2.03. The van der Waals surface area contributed by atoms with Gasteiger partial charge >= 0.3 is 0 Å². The standard InChI is InChI=1S/C19H21NO4S2/c1-3-15-6-7-18(23-2)19(11-15)26(21,22)20(12-16-8-9-24-14-16)13-17-5-4-10-25-17/h4-11,14H,3,12-13H2,1-2H3. The summed E-state index contributed by atoms with van der Waals surface area (Å²) in [4.78, 5) is 1.17. The van der Waals surface area contributed by atoms with Crippen molar-refractivity contribution in [3.63, 3.8) is 0 Å². The Morgan fingerprint density at radius 3 is 2.62 bits per heavy atom. The van der Waals surface area contributed by atoms with Crippen LogP contribution in [0.5, 0.6) is 5.75 Å². The van der Waals surface area contributed by atoms with Crippen LogP contribution in [0, 0.1) is 0 Å². The maximum atomic E-state index is 13.5. The predicted octanol–water partition coefficient (Wildman–Crippen LogP) is 4.30. The predicted molar refractivity (Wildman–Crippen MR) is 102 cm³/mol. The lowest BCUT2D eigenvalue weighted by Crippen LogP contribution is -2.30. The van der Waals surface area contributed by atoms with Gasteiger partial charge in [0.15, 0.2) is 0 Å². The molecule has 138 valence electrons. The zero-order chi connectivity index (χ0) is 18.6. The first-order valence-electron chi connectivity index (χ1n) is 8.25. The van der Waals surface area contributed by atoms with Crippen molar-refractivity contribution >= 4 is 21.4 Å². The molecule has 0 saturated carbocycles. The molecular weight excluding hydrogens is 370 g/mol. The van der Waals surface area contributed by atoms with Crippen LogP contribution in [0.2, 0.25) is 0 Å². The summed E-state index contributed by atoms with van der Waals surface area (Å²) in [5, 5.41) is 1.94. The van der Waals surface area contributed by atoms with Gasteiger partial charge < -0.3 is 9.15 Å². The first-order chi connectivity index (χ1) is 12.5. The maximum absolute atomic E-state index is 13.5. The Bertz CT molecular complexity index is 896. The second kappa shape index (κ2) is 8.07. The molecule has 0 bridgehead atoms. The summed E-state index contributed by atoms with van der Waals surface area (Å²) in [6, 6.07) is 10.9. The van der Waals surface area contributed by atoms with Crippen LogP contribution in [-0.2, 0) is 29.5 Å². The topological polar surface area (TPSA) is 59.8 Å². The van der Waals surface area contributed by atoms with Crippen LogP contribution in [-0.4, -0.2) is 19.8 Å². The van der Waals surface area contributed by atoms with Gasteiger partial charge in [-0.2, -0.15) is 4.31 Å². The minimum absolute atomic E-state index is 0.194. The van der Waals surface area contributed by atoms with Crippen molar-refractivity contribution in [3.05, 3.63) is 70.3 Å². The molecule has 0 fully saturated rings. The molecule has 0 radical (unpaired) electrons. The highest BCUT2D eigenvalue weighted by molar-refractivity contribution is 7.89. The van der Waals surface area contributed by atoms with E-state index in [0.29, 0.717) is 12.3 Å². The molecule has 3 rings (SSSR count). The van der Waals surface area contributed by atoms with Gasteiger partial charge in [-0.3, -0.25) is 0 Å². The molecule has 0 atom stereocenters. The summed E-state index contributed by atoms with van der Waals surface area (Å²) in [5.41, 5.74) is 1.75. The van der Waals surface area contributed by atoms with E-state index in [2.05, 4.69) is 0 Å². The van der Waals surface area contributed by atoms with E-state index in [1.807, 2.05) is 30.5 Å². The lowest BCUT2D eigenvalue weighted by molar-refractivity contribution is 0.383. The molecule has 0 aliphatic heterocycles. The summed E-state index contributed by atoms with van der Waals surface area (Å²) in [7, 11) is -2.27. The number of hydrogen-bond acceptors (Lipinski definition) is 5.